The molecule has 2 rings (SSSR count). The Morgan fingerprint density at radius 3 is 2.71 bits per heavy atom. The summed E-state index contributed by atoms with van der Waals surface area (Å²) in [7, 11) is 0. The van der Waals surface area contributed by atoms with Crippen molar-refractivity contribution in [1.82, 2.24) is 5.32 Å². The van der Waals surface area contributed by atoms with Gasteiger partial charge in [-0.25, -0.2) is 4.39 Å². The van der Waals surface area contributed by atoms with Gasteiger partial charge in [0.15, 0.2) is 0 Å². The third-order valence-corrected chi connectivity index (χ3v) is 3.52. The molecule has 2 aromatic rings. The van der Waals surface area contributed by atoms with E-state index in [1.165, 1.54) is 12.1 Å². The molecular weight excluding hydrogens is 335 g/mol. The topological polar surface area (TPSA) is 41.1 Å². The highest BCUT2D eigenvalue weighted by molar-refractivity contribution is 9.10. The number of carbonyl (C=O) groups is 1. The Balaban J connectivity index is 1.86. The Morgan fingerprint density at radius 2 is 2.00 bits per heavy atom. The van der Waals surface area contributed by atoms with E-state index < -0.39 is 0 Å². The van der Waals surface area contributed by atoms with Gasteiger partial charge in [-0.05, 0) is 42.8 Å². The van der Waals surface area contributed by atoms with Crippen LogP contribution in [0.25, 0.3) is 0 Å². The molecule has 0 saturated carbocycles. The second-order valence-electron chi connectivity index (χ2n) is 4.72. The van der Waals surface area contributed by atoms with Crippen molar-refractivity contribution in [3.05, 3.63) is 64.4 Å². The second-order valence-corrected chi connectivity index (χ2v) is 5.63. The van der Waals surface area contributed by atoms with Gasteiger partial charge in [0.25, 0.3) is 0 Å². The zero-order valence-electron chi connectivity index (χ0n) is 11.6. The predicted molar refractivity (Wildman–Crippen MR) is 85.6 cm³/mol. The van der Waals surface area contributed by atoms with E-state index in [0.29, 0.717) is 5.69 Å². The first-order valence-corrected chi connectivity index (χ1v) is 7.38. The summed E-state index contributed by atoms with van der Waals surface area (Å²) in [4.78, 5) is 11.8. The van der Waals surface area contributed by atoms with E-state index in [4.69, 9.17) is 0 Å². The molecule has 1 amide bonds. The lowest BCUT2D eigenvalue weighted by molar-refractivity contribution is -0.115. The zero-order valence-corrected chi connectivity index (χ0v) is 13.2. The highest BCUT2D eigenvalue weighted by atomic mass is 79.9. The molecule has 1 unspecified atom stereocenters. The molecule has 2 N–H and O–H groups in total. The van der Waals surface area contributed by atoms with Crippen LogP contribution >= 0.6 is 15.9 Å². The van der Waals surface area contributed by atoms with Gasteiger partial charge in [0.1, 0.15) is 5.82 Å². The number of anilines is 1. The van der Waals surface area contributed by atoms with Crippen LogP contribution in [0.1, 0.15) is 18.5 Å². The van der Waals surface area contributed by atoms with Crippen LogP contribution in [0.2, 0.25) is 0 Å². The molecule has 1 atom stereocenters. The third kappa shape index (κ3) is 4.95. The van der Waals surface area contributed by atoms with Crippen molar-refractivity contribution in [3.63, 3.8) is 0 Å². The molecule has 21 heavy (non-hydrogen) atoms. The summed E-state index contributed by atoms with van der Waals surface area (Å²) in [5.74, 6) is -0.578. The molecule has 0 saturated heterocycles. The maximum atomic E-state index is 13.0. The number of carbonyl (C=O) groups excluding carboxylic acids is 1. The minimum absolute atomic E-state index is 0.0424. The Bertz CT molecular complexity index is 633. The Morgan fingerprint density at radius 1 is 1.24 bits per heavy atom. The van der Waals surface area contributed by atoms with E-state index in [-0.39, 0.29) is 24.3 Å². The normalized spacial score (nSPS) is 12.0. The Kier molecular flexibility index (Phi) is 5.47. The summed E-state index contributed by atoms with van der Waals surface area (Å²) < 4.78 is 14.0. The number of benzene rings is 2. The Labute approximate surface area is 131 Å². The predicted octanol–water partition coefficient (Wildman–Crippen LogP) is 3.88. The number of amides is 1. The summed E-state index contributed by atoms with van der Waals surface area (Å²) >= 11 is 3.42. The molecule has 0 aliphatic carbocycles. The van der Waals surface area contributed by atoms with Crippen LogP contribution < -0.4 is 10.6 Å². The lowest BCUT2D eigenvalue weighted by atomic mass is 10.1. The number of hydrogen-bond donors (Lipinski definition) is 2. The smallest absolute Gasteiger partial charge is 0.238 e. The zero-order chi connectivity index (χ0) is 15.2. The maximum Gasteiger partial charge on any atom is 0.238 e. The molecule has 110 valence electrons. The molecule has 0 bridgehead atoms. The van der Waals surface area contributed by atoms with Crippen molar-refractivity contribution in [2.75, 3.05) is 11.9 Å². The van der Waals surface area contributed by atoms with Crippen LogP contribution in [-0.2, 0) is 4.79 Å². The number of nitrogens with one attached hydrogen (secondary N) is 2. The molecule has 0 radical (unpaired) electrons. The van der Waals surface area contributed by atoms with Crippen molar-refractivity contribution >= 4 is 27.5 Å². The van der Waals surface area contributed by atoms with Crippen molar-refractivity contribution in [2.24, 2.45) is 0 Å². The van der Waals surface area contributed by atoms with E-state index in [2.05, 4.69) is 26.6 Å². The molecule has 0 aliphatic rings. The third-order valence-electron chi connectivity index (χ3n) is 3.03. The fourth-order valence-electron chi connectivity index (χ4n) is 1.91. The van der Waals surface area contributed by atoms with Crippen molar-refractivity contribution in [2.45, 2.75) is 13.0 Å². The molecule has 0 spiro atoms. The first kappa shape index (κ1) is 15.7. The average Bonchev–Trinajstić information content (AvgIpc) is 2.45. The molecule has 0 aliphatic heterocycles. The monoisotopic (exact) mass is 350 g/mol. The van der Waals surface area contributed by atoms with Crippen molar-refractivity contribution in [1.29, 1.82) is 0 Å². The summed E-state index contributed by atoms with van der Waals surface area (Å²) in [5.41, 5.74) is 1.54. The van der Waals surface area contributed by atoms with Gasteiger partial charge in [0.05, 0.1) is 6.54 Å². The van der Waals surface area contributed by atoms with E-state index in [9.17, 15) is 9.18 Å². The molecule has 2 aromatic carbocycles. The lowest BCUT2D eigenvalue weighted by Crippen LogP contribution is -2.30. The maximum absolute atomic E-state index is 13.0. The van der Waals surface area contributed by atoms with Crippen LogP contribution in [0.15, 0.2) is 53.0 Å². The minimum atomic E-state index is -0.372. The first-order chi connectivity index (χ1) is 10.0. The van der Waals surface area contributed by atoms with Gasteiger partial charge in [-0.3, -0.25) is 4.79 Å². The van der Waals surface area contributed by atoms with E-state index >= 15 is 0 Å². The molecule has 0 aromatic heterocycles. The lowest BCUT2D eigenvalue weighted by Gasteiger charge is -2.14. The number of halogens is 2. The van der Waals surface area contributed by atoms with Gasteiger partial charge in [-0.1, -0.05) is 34.1 Å². The molecular formula is C16H16BrFN2O. The summed E-state index contributed by atoms with van der Waals surface area (Å²) in [6.07, 6.45) is 0. The first-order valence-electron chi connectivity index (χ1n) is 6.59. The standard InChI is InChI=1S/C16H16BrFN2O/c1-11(12-4-2-5-13(17)8-12)19-10-16(21)20-15-7-3-6-14(18)9-15/h2-9,11,19H,10H2,1H3,(H,20,21). The van der Waals surface area contributed by atoms with Crippen LogP contribution in [0.5, 0.6) is 0 Å². The quantitative estimate of drug-likeness (QED) is 0.859. The van der Waals surface area contributed by atoms with Gasteiger partial charge in [-0.15, -0.1) is 0 Å². The molecule has 0 fully saturated rings. The van der Waals surface area contributed by atoms with E-state index in [1.54, 1.807) is 12.1 Å². The molecule has 0 heterocycles. The second kappa shape index (κ2) is 7.33. The van der Waals surface area contributed by atoms with Crippen molar-refractivity contribution in [3.8, 4) is 0 Å². The largest absolute Gasteiger partial charge is 0.325 e. The Hall–Kier alpha value is -1.72. The summed E-state index contributed by atoms with van der Waals surface area (Å²) in [6, 6.07) is 13.8. The van der Waals surface area contributed by atoms with Crippen LogP contribution in [0.3, 0.4) is 0 Å². The highest BCUT2D eigenvalue weighted by Gasteiger charge is 2.08. The average molecular weight is 351 g/mol. The SMILES string of the molecule is CC(NCC(=O)Nc1cccc(F)c1)c1cccc(Br)c1. The van der Waals surface area contributed by atoms with Crippen LogP contribution in [0, 0.1) is 5.82 Å². The fourth-order valence-corrected chi connectivity index (χ4v) is 2.33. The summed E-state index contributed by atoms with van der Waals surface area (Å²) in [5, 5.41) is 5.78. The van der Waals surface area contributed by atoms with Gasteiger partial charge in [-0.2, -0.15) is 0 Å². The highest BCUT2D eigenvalue weighted by Crippen LogP contribution is 2.17. The van der Waals surface area contributed by atoms with E-state index in [1.807, 2.05) is 31.2 Å². The number of hydrogen-bond acceptors (Lipinski definition) is 2. The van der Waals surface area contributed by atoms with Gasteiger partial charge in [0, 0.05) is 16.2 Å². The van der Waals surface area contributed by atoms with Gasteiger partial charge < -0.3 is 10.6 Å². The number of rotatable bonds is 5. The summed E-state index contributed by atoms with van der Waals surface area (Å²) in [6.45, 7) is 2.14. The minimum Gasteiger partial charge on any atom is -0.325 e. The van der Waals surface area contributed by atoms with Crippen molar-refractivity contribution < 1.29 is 9.18 Å². The molecule has 3 nitrogen and oxygen atoms in total. The van der Waals surface area contributed by atoms with Crippen LogP contribution in [0.4, 0.5) is 10.1 Å². The van der Waals surface area contributed by atoms with Gasteiger partial charge >= 0.3 is 0 Å². The van der Waals surface area contributed by atoms with E-state index in [0.717, 1.165) is 10.0 Å². The van der Waals surface area contributed by atoms with Crippen LogP contribution in [-0.4, -0.2) is 12.5 Å². The van der Waals surface area contributed by atoms with Gasteiger partial charge in [0.2, 0.25) is 5.91 Å². The fraction of sp³-hybridized carbons (Fsp3) is 0.188. The molecule has 5 heteroatoms.